The van der Waals surface area contributed by atoms with Gasteiger partial charge in [0.15, 0.2) is 0 Å². The Hall–Kier alpha value is -1.08. The third-order valence-corrected chi connectivity index (χ3v) is 5.77. The molecule has 0 bridgehead atoms. The summed E-state index contributed by atoms with van der Waals surface area (Å²) in [5.41, 5.74) is 6.77. The van der Waals surface area contributed by atoms with Gasteiger partial charge in [-0.05, 0) is 44.0 Å². The van der Waals surface area contributed by atoms with E-state index in [1.165, 1.54) is 12.1 Å². The number of carbonyl (C=O) groups excluding carboxylic acids is 1. The van der Waals surface area contributed by atoms with E-state index in [1.807, 2.05) is 19.1 Å². The molecule has 3 N–H and O–H groups in total. The normalized spacial score (nSPS) is 20.3. The number of rotatable bonds is 5. The molecule has 8 heteroatoms. The Bertz CT molecular complexity index is 588. The minimum Gasteiger partial charge on any atom is -0.369 e. The molecule has 2 fully saturated rings. The van der Waals surface area contributed by atoms with Gasteiger partial charge in [-0.1, -0.05) is 12.8 Å². The summed E-state index contributed by atoms with van der Waals surface area (Å²) in [7, 11) is 0. The molecular formula is C19H31Cl2FN4O. The number of nitrogens with zero attached hydrogens (tertiary/aromatic N) is 2. The third kappa shape index (κ3) is 5.70. The number of nitrogens with one attached hydrogen (secondary N) is 1. The number of amides is 1. The van der Waals surface area contributed by atoms with Gasteiger partial charge in [-0.25, -0.2) is 4.39 Å². The zero-order chi connectivity index (χ0) is 17.9. The van der Waals surface area contributed by atoms with E-state index in [1.54, 1.807) is 0 Å². The van der Waals surface area contributed by atoms with Crippen LogP contribution in [0.15, 0.2) is 24.3 Å². The number of benzene rings is 1. The van der Waals surface area contributed by atoms with Crippen LogP contribution in [0.3, 0.4) is 0 Å². The molecule has 1 unspecified atom stereocenters. The van der Waals surface area contributed by atoms with Crippen LogP contribution in [-0.2, 0) is 4.79 Å². The van der Waals surface area contributed by atoms with Gasteiger partial charge in [-0.2, -0.15) is 0 Å². The summed E-state index contributed by atoms with van der Waals surface area (Å²) >= 11 is 0. The molecule has 1 saturated carbocycles. The highest BCUT2D eigenvalue weighted by Gasteiger charge is 2.36. The Balaban J connectivity index is 0.00000182. The van der Waals surface area contributed by atoms with Gasteiger partial charge in [0.2, 0.25) is 5.91 Å². The SMILES string of the molecule is CC(C(=O)NC1(CN)CCCC1)N1CCN(c2ccc(F)cc2)CC1.Cl.Cl. The van der Waals surface area contributed by atoms with Crippen molar-refractivity contribution in [2.75, 3.05) is 37.6 Å². The van der Waals surface area contributed by atoms with Crippen LogP contribution in [0, 0.1) is 5.82 Å². The Kier molecular flexibility index (Phi) is 9.28. The van der Waals surface area contributed by atoms with Crippen molar-refractivity contribution in [3.8, 4) is 0 Å². The number of nitrogens with two attached hydrogens (primary N) is 1. The lowest BCUT2D eigenvalue weighted by Gasteiger charge is -2.39. The smallest absolute Gasteiger partial charge is 0.237 e. The predicted octanol–water partition coefficient (Wildman–Crippen LogP) is 2.57. The first kappa shape index (κ1) is 24.0. The highest BCUT2D eigenvalue weighted by molar-refractivity contribution is 5.85. The van der Waals surface area contributed by atoms with Crippen molar-refractivity contribution in [2.24, 2.45) is 5.73 Å². The second kappa shape index (κ2) is 10.5. The topological polar surface area (TPSA) is 61.6 Å². The Labute approximate surface area is 173 Å². The molecule has 0 spiro atoms. The lowest BCUT2D eigenvalue weighted by molar-refractivity contribution is -0.127. The van der Waals surface area contributed by atoms with Gasteiger partial charge in [0.25, 0.3) is 0 Å². The van der Waals surface area contributed by atoms with E-state index in [2.05, 4.69) is 15.1 Å². The fraction of sp³-hybridized carbons (Fsp3) is 0.632. The standard InChI is InChI=1S/C19H29FN4O.2ClH/c1-15(18(25)22-19(14-21)8-2-3-9-19)23-10-12-24(13-11-23)17-6-4-16(20)5-7-17;;/h4-7,15H,2-3,8-14,21H2,1H3,(H,22,25);2*1H. The summed E-state index contributed by atoms with van der Waals surface area (Å²) in [5.74, 6) is -0.129. The van der Waals surface area contributed by atoms with Crippen molar-refractivity contribution in [2.45, 2.75) is 44.2 Å². The summed E-state index contributed by atoms with van der Waals surface area (Å²) in [5, 5.41) is 3.23. The van der Waals surface area contributed by atoms with E-state index in [-0.39, 0.29) is 48.1 Å². The van der Waals surface area contributed by atoms with Crippen LogP contribution in [-0.4, -0.2) is 55.1 Å². The van der Waals surface area contributed by atoms with Crippen molar-refractivity contribution in [3.63, 3.8) is 0 Å². The van der Waals surface area contributed by atoms with Crippen molar-refractivity contribution in [1.82, 2.24) is 10.2 Å². The number of carbonyl (C=O) groups is 1. The molecule has 2 aliphatic rings. The molecule has 1 aliphatic carbocycles. The molecule has 0 radical (unpaired) electrons. The molecule has 1 aromatic rings. The molecule has 0 aromatic heterocycles. The lowest BCUT2D eigenvalue weighted by atomic mass is 9.97. The molecule has 1 aliphatic heterocycles. The van der Waals surface area contributed by atoms with Gasteiger partial charge in [0, 0.05) is 38.4 Å². The lowest BCUT2D eigenvalue weighted by Crippen LogP contribution is -2.59. The van der Waals surface area contributed by atoms with Crippen molar-refractivity contribution in [3.05, 3.63) is 30.1 Å². The third-order valence-electron chi connectivity index (χ3n) is 5.77. The first-order chi connectivity index (χ1) is 12.0. The minimum absolute atomic E-state index is 0. The summed E-state index contributed by atoms with van der Waals surface area (Å²) in [6.07, 6.45) is 4.25. The van der Waals surface area contributed by atoms with Gasteiger partial charge >= 0.3 is 0 Å². The molecule has 1 amide bonds. The van der Waals surface area contributed by atoms with Crippen molar-refractivity contribution < 1.29 is 9.18 Å². The maximum atomic E-state index is 13.1. The Morgan fingerprint density at radius 1 is 1.15 bits per heavy atom. The maximum Gasteiger partial charge on any atom is 0.237 e. The average molecular weight is 421 g/mol. The molecule has 5 nitrogen and oxygen atoms in total. The van der Waals surface area contributed by atoms with E-state index in [9.17, 15) is 9.18 Å². The first-order valence-corrected chi connectivity index (χ1v) is 9.30. The summed E-state index contributed by atoms with van der Waals surface area (Å²) in [6.45, 7) is 5.81. The first-order valence-electron chi connectivity index (χ1n) is 9.30. The molecule has 1 heterocycles. The molecule has 1 atom stereocenters. The predicted molar refractivity (Wildman–Crippen MR) is 113 cm³/mol. The van der Waals surface area contributed by atoms with E-state index in [4.69, 9.17) is 5.73 Å². The zero-order valence-electron chi connectivity index (χ0n) is 15.8. The second-order valence-corrected chi connectivity index (χ2v) is 7.36. The Morgan fingerprint density at radius 2 is 1.70 bits per heavy atom. The van der Waals surface area contributed by atoms with Gasteiger partial charge in [-0.3, -0.25) is 9.69 Å². The maximum absolute atomic E-state index is 13.1. The highest BCUT2D eigenvalue weighted by Crippen LogP contribution is 2.29. The van der Waals surface area contributed by atoms with Crippen LogP contribution >= 0.6 is 24.8 Å². The van der Waals surface area contributed by atoms with Crippen LogP contribution in [0.1, 0.15) is 32.6 Å². The van der Waals surface area contributed by atoms with Crippen LogP contribution < -0.4 is 16.0 Å². The average Bonchev–Trinajstić information content (AvgIpc) is 3.11. The molecule has 27 heavy (non-hydrogen) atoms. The summed E-state index contributed by atoms with van der Waals surface area (Å²) in [6, 6.07) is 6.45. The number of halogens is 3. The quantitative estimate of drug-likeness (QED) is 0.768. The largest absolute Gasteiger partial charge is 0.369 e. The van der Waals surface area contributed by atoms with Crippen LogP contribution in [0.5, 0.6) is 0 Å². The Morgan fingerprint density at radius 3 is 2.22 bits per heavy atom. The van der Waals surface area contributed by atoms with E-state index in [0.29, 0.717) is 6.54 Å². The van der Waals surface area contributed by atoms with E-state index in [0.717, 1.165) is 57.5 Å². The second-order valence-electron chi connectivity index (χ2n) is 7.36. The number of hydrogen-bond donors (Lipinski definition) is 2. The zero-order valence-corrected chi connectivity index (χ0v) is 17.5. The van der Waals surface area contributed by atoms with Crippen molar-refractivity contribution in [1.29, 1.82) is 0 Å². The molecule has 1 aromatic carbocycles. The molecule has 3 rings (SSSR count). The molecule has 154 valence electrons. The summed E-state index contributed by atoms with van der Waals surface area (Å²) in [4.78, 5) is 17.1. The fourth-order valence-corrected chi connectivity index (χ4v) is 3.98. The monoisotopic (exact) mass is 420 g/mol. The van der Waals surface area contributed by atoms with Crippen LogP contribution in [0.4, 0.5) is 10.1 Å². The van der Waals surface area contributed by atoms with Crippen LogP contribution in [0.2, 0.25) is 0 Å². The minimum atomic E-state index is -0.214. The van der Waals surface area contributed by atoms with Gasteiger partial charge in [-0.15, -0.1) is 24.8 Å². The molecular weight excluding hydrogens is 390 g/mol. The fourth-order valence-electron chi connectivity index (χ4n) is 3.98. The number of hydrogen-bond acceptors (Lipinski definition) is 4. The summed E-state index contributed by atoms with van der Waals surface area (Å²) < 4.78 is 13.1. The van der Waals surface area contributed by atoms with E-state index < -0.39 is 0 Å². The molecule has 1 saturated heterocycles. The van der Waals surface area contributed by atoms with E-state index >= 15 is 0 Å². The van der Waals surface area contributed by atoms with Crippen molar-refractivity contribution >= 4 is 36.4 Å². The van der Waals surface area contributed by atoms with Gasteiger partial charge < -0.3 is 16.0 Å². The number of piperazine rings is 1. The van der Waals surface area contributed by atoms with Crippen LogP contribution in [0.25, 0.3) is 0 Å². The van der Waals surface area contributed by atoms with Gasteiger partial charge in [0.05, 0.1) is 11.6 Å². The number of anilines is 1. The van der Waals surface area contributed by atoms with Gasteiger partial charge in [0.1, 0.15) is 5.82 Å². The highest BCUT2D eigenvalue weighted by atomic mass is 35.5.